The maximum atomic E-state index is 12.0. The summed E-state index contributed by atoms with van der Waals surface area (Å²) < 4.78 is 7.52. The number of hydrogen-bond donors (Lipinski definition) is 1. The van der Waals surface area contributed by atoms with Crippen molar-refractivity contribution in [3.63, 3.8) is 0 Å². The monoisotopic (exact) mass is 483 g/mol. The molecule has 0 unspecified atom stereocenters. The van der Waals surface area contributed by atoms with Gasteiger partial charge in [-0.25, -0.2) is 10.1 Å². The first-order valence-electron chi connectivity index (χ1n) is 10.6. The van der Waals surface area contributed by atoms with E-state index in [1.165, 1.54) is 6.20 Å². The minimum absolute atomic E-state index is 0.253. The largest absolute Gasteiger partial charge is 0.487 e. The number of fused-ring (bicyclic) bond motifs is 1. The summed E-state index contributed by atoms with van der Waals surface area (Å²) in [5.41, 5.74) is 6.02. The fourth-order valence-electron chi connectivity index (χ4n) is 3.32. The van der Waals surface area contributed by atoms with Gasteiger partial charge in [-0.3, -0.25) is 14.8 Å². The number of nitrogens with one attached hydrogen (secondary N) is 1. The number of carbonyl (C=O) groups excluding carboxylic acids is 1. The van der Waals surface area contributed by atoms with Crippen LogP contribution in [-0.4, -0.2) is 37.1 Å². The molecule has 0 atom stereocenters. The van der Waals surface area contributed by atoms with Gasteiger partial charge in [-0.1, -0.05) is 16.8 Å². The summed E-state index contributed by atoms with van der Waals surface area (Å²) >= 11 is 6.07. The van der Waals surface area contributed by atoms with Crippen molar-refractivity contribution in [1.29, 1.82) is 0 Å². The second kappa shape index (κ2) is 10.1. The molecule has 2 aromatic carbocycles. The first kappa shape index (κ1) is 22.2. The van der Waals surface area contributed by atoms with Gasteiger partial charge in [0.15, 0.2) is 0 Å². The number of benzene rings is 2. The van der Waals surface area contributed by atoms with Crippen molar-refractivity contribution in [3.8, 4) is 11.4 Å². The van der Waals surface area contributed by atoms with E-state index in [0.29, 0.717) is 22.0 Å². The van der Waals surface area contributed by atoms with Crippen molar-refractivity contribution in [1.82, 2.24) is 30.4 Å². The number of amides is 1. The Bertz CT molecular complexity index is 1500. The first-order valence-corrected chi connectivity index (χ1v) is 11.0. The quantitative estimate of drug-likeness (QED) is 0.274. The average molecular weight is 484 g/mol. The van der Waals surface area contributed by atoms with Crippen molar-refractivity contribution in [2.24, 2.45) is 5.10 Å². The van der Waals surface area contributed by atoms with Gasteiger partial charge in [-0.2, -0.15) is 5.10 Å². The molecule has 5 aromatic rings. The Morgan fingerprint density at radius 1 is 1.11 bits per heavy atom. The molecule has 0 saturated carbocycles. The molecule has 1 amide bonds. The third kappa shape index (κ3) is 5.31. The highest BCUT2D eigenvalue weighted by Crippen LogP contribution is 2.23. The molecule has 0 saturated heterocycles. The van der Waals surface area contributed by atoms with Crippen LogP contribution >= 0.6 is 11.6 Å². The van der Waals surface area contributed by atoms with E-state index < -0.39 is 0 Å². The number of aromatic nitrogens is 5. The summed E-state index contributed by atoms with van der Waals surface area (Å²) in [6.45, 7) is 0.253. The third-order valence-electron chi connectivity index (χ3n) is 5.04. The van der Waals surface area contributed by atoms with Gasteiger partial charge in [0.1, 0.15) is 18.1 Å². The summed E-state index contributed by atoms with van der Waals surface area (Å²) in [6, 6.07) is 18.1. The third-order valence-corrected chi connectivity index (χ3v) is 5.27. The van der Waals surface area contributed by atoms with Gasteiger partial charge in [-0.15, -0.1) is 5.10 Å². The van der Waals surface area contributed by atoms with Gasteiger partial charge in [0.25, 0.3) is 5.91 Å². The van der Waals surface area contributed by atoms with Crippen LogP contribution in [0, 0.1) is 0 Å². The zero-order valence-corrected chi connectivity index (χ0v) is 19.0. The van der Waals surface area contributed by atoms with E-state index in [-0.39, 0.29) is 12.5 Å². The van der Waals surface area contributed by atoms with Crippen LogP contribution in [0.25, 0.3) is 16.6 Å². The predicted molar refractivity (Wildman–Crippen MR) is 132 cm³/mol. The lowest BCUT2D eigenvalue weighted by atomic mass is 10.2. The molecule has 3 aromatic heterocycles. The Labute approximate surface area is 205 Å². The van der Waals surface area contributed by atoms with Gasteiger partial charge in [0.05, 0.1) is 29.2 Å². The molecule has 0 aliphatic carbocycles. The Morgan fingerprint density at radius 2 is 2.00 bits per heavy atom. The van der Waals surface area contributed by atoms with Crippen LogP contribution in [0.4, 0.5) is 0 Å². The number of nitrogens with zero attached hydrogens (tertiary/aromatic N) is 6. The van der Waals surface area contributed by atoms with Crippen molar-refractivity contribution in [2.45, 2.75) is 6.61 Å². The molecule has 10 heteroatoms. The fourth-order valence-corrected chi connectivity index (χ4v) is 3.49. The molecule has 0 aliphatic rings. The van der Waals surface area contributed by atoms with Crippen LogP contribution in [0.15, 0.2) is 90.6 Å². The van der Waals surface area contributed by atoms with Crippen LogP contribution in [0.1, 0.15) is 21.6 Å². The molecule has 172 valence electrons. The summed E-state index contributed by atoms with van der Waals surface area (Å²) in [6.07, 6.45) is 8.16. The van der Waals surface area contributed by atoms with E-state index in [0.717, 1.165) is 22.2 Å². The summed E-state index contributed by atoms with van der Waals surface area (Å²) in [5, 5.41) is 14.0. The Kier molecular flexibility index (Phi) is 6.40. The highest BCUT2D eigenvalue weighted by Gasteiger charge is 2.09. The molecule has 1 N–H and O–H groups in total. The highest BCUT2D eigenvalue weighted by atomic mass is 35.5. The van der Waals surface area contributed by atoms with E-state index >= 15 is 0 Å². The maximum absolute atomic E-state index is 12.0. The summed E-state index contributed by atoms with van der Waals surface area (Å²) in [7, 11) is 0. The number of hydrazone groups is 1. The average Bonchev–Trinajstić information content (AvgIpc) is 3.37. The zero-order chi connectivity index (χ0) is 24.0. The maximum Gasteiger partial charge on any atom is 0.272 e. The van der Waals surface area contributed by atoms with Crippen molar-refractivity contribution in [3.05, 3.63) is 107 Å². The normalized spacial score (nSPS) is 11.1. The number of ether oxygens (including phenoxy) is 1. The van der Waals surface area contributed by atoms with Gasteiger partial charge >= 0.3 is 0 Å². The van der Waals surface area contributed by atoms with Crippen LogP contribution in [0.2, 0.25) is 5.02 Å². The molecule has 5 rings (SSSR count). The lowest BCUT2D eigenvalue weighted by Gasteiger charge is -2.05. The van der Waals surface area contributed by atoms with E-state index in [1.807, 2.05) is 54.7 Å². The number of carbonyl (C=O) groups is 1. The van der Waals surface area contributed by atoms with Crippen molar-refractivity contribution < 1.29 is 9.53 Å². The summed E-state index contributed by atoms with van der Waals surface area (Å²) in [4.78, 5) is 20.2. The zero-order valence-electron chi connectivity index (χ0n) is 18.2. The number of rotatable bonds is 7. The van der Waals surface area contributed by atoms with Gasteiger partial charge in [0.2, 0.25) is 0 Å². The second-order valence-electron chi connectivity index (χ2n) is 7.44. The molecule has 0 fully saturated rings. The van der Waals surface area contributed by atoms with Crippen LogP contribution in [-0.2, 0) is 6.61 Å². The molecule has 0 spiro atoms. The topological polar surface area (TPSA) is 107 Å². The molecule has 35 heavy (non-hydrogen) atoms. The summed E-state index contributed by atoms with van der Waals surface area (Å²) in [5.74, 6) is 0.339. The van der Waals surface area contributed by atoms with E-state index in [2.05, 4.69) is 30.8 Å². The molecule has 0 bridgehead atoms. The minimum atomic E-state index is -0.328. The Morgan fingerprint density at radius 3 is 2.83 bits per heavy atom. The number of pyridine rings is 2. The van der Waals surface area contributed by atoms with Crippen LogP contribution in [0.3, 0.4) is 0 Å². The Balaban J connectivity index is 1.19. The van der Waals surface area contributed by atoms with E-state index in [1.54, 1.807) is 35.4 Å². The standard InChI is InChI=1S/C25H18ClN7O2/c26-19-5-8-22-23(12-19)28-11-9-24(22)33-15-20(30-32-33)16-35-21-6-3-17(4-7-21)13-29-31-25(34)18-2-1-10-27-14-18/h1-15H,16H2,(H,31,34)/b29-13+. The first-order chi connectivity index (χ1) is 17.2. The number of hydrogen-bond acceptors (Lipinski definition) is 7. The second-order valence-corrected chi connectivity index (χ2v) is 7.88. The van der Waals surface area contributed by atoms with E-state index in [4.69, 9.17) is 16.3 Å². The molecular formula is C25H18ClN7O2. The van der Waals surface area contributed by atoms with Crippen molar-refractivity contribution >= 4 is 34.6 Å². The van der Waals surface area contributed by atoms with Crippen molar-refractivity contribution in [2.75, 3.05) is 0 Å². The molecule has 0 radical (unpaired) electrons. The number of halogens is 1. The lowest BCUT2D eigenvalue weighted by molar-refractivity contribution is 0.0954. The Hall–Kier alpha value is -4.63. The molecular weight excluding hydrogens is 466 g/mol. The molecule has 0 aliphatic heterocycles. The SMILES string of the molecule is O=C(N/N=C/c1ccc(OCc2cn(-c3ccnc4cc(Cl)ccc34)nn2)cc1)c1cccnc1. The van der Waals surface area contributed by atoms with Gasteiger partial charge in [0, 0.05) is 29.0 Å². The predicted octanol–water partition coefficient (Wildman–Crippen LogP) is 4.21. The van der Waals surface area contributed by atoms with E-state index in [9.17, 15) is 4.79 Å². The van der Waals surface area contributed by atoms with Crippen LogP contribution in [0.5, 0.6) is 5.75 Å². The molecule has 3 heterocycles. The van der Waals surface area contributed by atoms with Crippen LogP contribution < -0.4 is 10.2 Å². The molecule has 9 nitrogen and oxygen atoms in total. The smallest absolute Gasteiger partial charge is 0.272 e. The van der Waals surface area contributed by atoms with Gasteiger partial charge < -0.3 is 4.74 Å². The minimum Gasteiger partial charge on any atom is -0.487 e. The van der Waals surface area contributed by atoms with Gasteiger partial charge in [-0.05, 0) is 66.2 Å². The highest BCUT2D eigenvalue weighted by molar-refractivity contribution is 6.31. The fraction of sp³-hybridized carbons (Fsp3) is 0.0400. The lowest BCUT2D eigenvalue weighted by Crippen LogP contribution is -2.17.